The molecule has 0 spiro atoms. The Kier molecular flexibility index (Phi) is 5.71. The zero-order valence-electron chi connectivity index (χ0n) is 17.9. The topological polar surface area (TPSA) is 86.9 Å². The van der Waals surface area contributed by atoms with Gasteiger partial charge >= 0.3 is 0 Å². The first-order valence-corrected chi connectivity index (χ1v) is 10.5. The summed E-state index contributed by atoms with van der Waals surface area (Å²) >= 11 is 0. The Morgan fingerprint density at radius 1 is 0.968 bits per heavy atom. The van der Waals surface area contributed by atoms with Crippen molar-refractivity contribution in [2.75, 3.05) is 0 Å². The average Bonchev–Trinajstić information content (AvgIpc) is 3.13. The van der Waals surface area contributed by atoms with Crippen LogP contribution in [0.5, 0.6) is 0 Å². The van der Waals surface area contributed by atoms with Crippen molar-refractivity contribution in [3.05, 3.63) is 77.6 Å². The molecule has 158 valence electrons. The number of fused-ring (bicyclic) bond motifs is 3. The first-order valence-electron chi connectivity index (χ1n) is 10.5. The van der Waals surface area contributed by atoms with Gasteiger partial charge in [-0.3, -0.25) is 9.59 Å². The molecule has 2 aromatic carbocycles. The van der Waals surface area contributed by atoms with Crippen molar-refractivity contribution in [3.8, 4) is 0 Å². The highest BCUT2D eigenvalue weighted by atomic mass is 16.2. The number of nitrogens with zero attached hydrogens (tertiary/aromatic N) is 1. The Morgan fingerprint density at radius 2 is 1.68 bits per heavy atom. The highest BCUT2D eigenvalue weighted by molar-refractivity contribution is 6.10. The Morgan fingerprint density at radius 3 is 2.45 bits per heavy atom. The van der Waals surface area contributed by atoms with Gasteiger partial charge in [0, 0.05) is 22.3 Å². The third-order valence-corrected chi connectivity index (χ3v) is 5.42. The molecule has 0 fully saturated rings. The minimum Gasteiger partial charge on any atom is -0.353 e. The van der Waals surface area contributed by atoms with Crippen LogP contribution < -0.4 is 10.6 Å². The first-order chi connectivity index (χ1) is 14.9. The van der Waals surface area contributed by atoms with Gasteiger partial charge in [-0.2, -0.15) is 0 Å². The summed E-state index contributed by atoms with van der Waals surface area (Å²) in [5.74, 6) is -0.588. The van der Waals surface area contributed by atoms with Crippen molar-refractivity contribution >= 4 is 33.6 Å². The third-order valence-electron chi connectivity index (χ3n) is 5.42. The summed E-state index contributed by atoms with van der Waals surface area (Å²) in [5, 5.41) is 7.73. The minimum absolute atomic E-state index is 0.0443. The summed E-state index contributed by atoms with van der Waals surface area (Å²) < 4.78 is 0. The first kappa shape index (κ1) is 20.6. The van der Waals surface area contributed by atoms with Crippen LogP contribution in [-0.2, 0) is 11.2 Å². The fraction of sp³-hybridized carbons (Fsp3) is 0.240. The molecule has 31 heavy (non-hydrogen) atoms. The van der Waals surface area contributed by atoms with E-state index < -0.39 is 6.04 Å². The SMILES string of the molecule is Cc1nc(C(=O)NC(C)C(=O)NC(C)Cc2ccccc2)cc2c1[nH]c1ccccc12. The van der Waals surface area contributed by atoms with Gasteiger partial charge < -0.3 is 15.6 Å². The molecule has 0 saturated carbocycles. The van der Waals surface area contributed by atoms with Crippen LogP contribution in [0.3, 0.4) is 0 Å². The number of pyridine rings is 1. The molecule has 2 atom stereocenters. The quantitative estimate of drug-likeness (QED) is 0.447. The molecular formula is C25H26N4O2. The number of carbonyl (C=O) groups excluding carboxylic acids is 2. The monoisotopic (exact) mass is 414 g/mol. The smallest absolute Gasteiger partial charge is 0.270 e. The number of para-hydroxylation sites is 1. The van der Waals surface area contributed by atoms with Crippen LogP contribution in [-0.4, -0.2) is 33.9 Å². The number of hydrogen-bond donors (Lipinski definition) is 3. The molecule has 4 aromatic rings. The molecule has 2 amide bonds. The van der Waals surface area contributed by atoms with E-state index in [1.165, 1.54) is 0 Å². The lowest BCUT2D eigenvalue weighted by molar-refractivity contribution is -0.123. The van der Waals surface area contributed by atoms with Crippen molar-refractivity contribution in [2.24, 2.45) is 0 Å². The van der Waals surface area contributed by atoms with Crippen molar-refractivity contribution < 1.29 is 9.59 Å². The Bertz CT molecular complexity index is 1250. The number of aromatic nitrogens is 2. The second-order valence-electron chi connectivity index (χ2n) is 7.98. The number of carbonyl (C=O) groups is 2. The van der Waals surface area contributed by atoms with E-state index in [-0.39, 0.29) is 17.9 Å². The fourth-order valence-corrected chi connectivity index (χ4v) is 3.84. The second kappa shape index (κ2) is 8.60. The standard InChI is InChI=1S/C25H26N4O2/c1-15(13-18-9-5-4-6-10-18)26-24(30)17(3)28-25(31)22-14-20-19-11-7-8-12-21(19)29-23(20)16(2)27-22/h4-12,14-15,17,29H,13H2,1-3H3,(H,26,30)(H,28,31). The maximum atomic E-state index is 12.8. The number of rotatable bonds is 6. The zero-order chi connectivity index (χ0) is 22.0. The highest BCUT2D eigenvalue weighted by Gasteiger charge is 2.20. The van der Waals surface area contributed by atoms with Crippen LogP contribution >= 0.6 is 0 Å². The van der Waals surface area contributed by atoms with Gasteiger partial charge in [-0.05, 0) is 44.9 Å². The van der Waals surface area contributed by atoms with Gasteiger partial charge in [0.25, 0.3) is 5.91 Å². The van der Waals surface area contributed by atoms with Crippen LogP contribution in [0.1, 0.15) is 35.6 Å². The second-order valence-corrected chi connectivity index (χ2v) is 7.98. The van der Waals surface area contributed by atoms with Gasteiger partial charge in [-0.1, -0.05) is 48.5 Å². The number of hydrogen-bond acceptors (Lipinski definition) is 3. The summed E-state index contributed by atoms with van der Waals surface area (Å²) in [4.78, 5) is 33.2. The van der Waals surface area contributed by atoms with Gasteiger partial charge in [-0.25, -0.2) is 4.98 Å². The number of H-pyrrole nitrogens is 1. The van der Waals surface area contributed by atoms with Gasteiger partial charge in [-0.15, -0.1) is 0 Å². The van der Waals surface area contributed by atoms with E-state index in [4.69, 9.17) is 0 Å². The lowest BCUT2D eigenvalue weighted by Crippen LogP contribution is -2.48. The Hall–Kier alpha value is -3.67. The summed E-state index contributed by atoms with van der Waals surface area (Å²) in [5.41, 5.74) is 4.11. The lowest BCUT2D eigenvalue weighted by Gasteiger charge is -2.18. The van der Waals surface area contributed by atoms with E-state index in [0.717, 1.165) is 39.5 Å². The van der Waals surface area contributed by atoms with Crippen LogP contribution in [0.2, 0.25) is 0 Å². The molecule has 4 rings (SSSR count). The van der Waals surface area contributed by atoms with Crippen molar-refractivity contribution in [1.82, 2.24) is 20.6 Å². The normalized spacial score (nSPS) is 13.1. The predicted molar refractivity (Wildman–Crippen MR) is 123 cm³/mol. The summed E-state index contributed by atoms with van der Waals surface area (Å²) in [6, 6.07) is 19.0. The number of aromatic amines is 1. The van der Waals surface area contributed by atoms with Crippen LogP contribution in [0, 0.1) is 6.92 Å². The molecule has 2 heterocycles. The molecule has 0 saturated heterocycles. The van der Waals surface area contributed by atoms with Gasteiger partial charge in [0.05, 0.1) is 11.2 Å². The molecule has 0 radical (unpaired) electrons. The van der Waals surface area contributed by atoms with E-state index in [9.17, 15) is 9.59 Å². The molecule has 2 unspecified atom stereocenters. The third kappa shape index (κ3) is 4.43. The number of benzene rings is 2. The summed E-state index contributed by atoms with van der Waals surface area (Å²) in [7, 11) is 0. The van der Waals surface area contributed by atoms with Crippen molar-refractivity contribution in [2.45, 2.75) is 39.3 Å². The molecule has 0 aliphatic heterocycles. The molecule has 6 nitrogen and oxygen atoms in total. The van der Waals surface area contributed by atoms with Crippen LogP contribution in [0.4, 0.5) is 0 Å². The van der Waals surface area contributed by atoms with Crippen molar-refractivity contribution in [3.63, 3.8) is 0 Å². The zero-order valence-corrected chi connectivity index (χ0v) is 17.9. The minimum atomic E-state index is -0.675. The molecule has 2 aromatic heterocycles. The molecule has 0 aliphatic rings. The maximum absolute atomic E-state index is 12.8. The highest BCUT2D eigenvalue weighted by Crippen LogP contribution is 2.27. The van der Waals surface area contributed by atoms with Crippen LogP contribution in [0.15, 0.2) is 60.7 Å². The Labute approximate surface area is 181 Å². The summed E-state index contributed by atoms with van der Waals surface area (Å²) in [6.45, 7) is 5.50. The summed E-state index contributed by atoms with van der Waals surface area (Å²) in [6.07, 6.45) is 0.727. The van der Waals surface area contributed by atoms with E-state index in [2.05, 4.69) is 20.6 Å². The molecular weight excluding hydrogens is 388 g/mol. The molecule has 0 aliphatic carbocycles. The fourth-order valence-electron chi connectivity index (χ4n) is 3.84. The Balaban J connectivity index is 1.45. The van der Waals surface area contributed by atoms with E-state index >= 15 is 0 Å². The van der Waals surface area contributed by atoms with E-state index in [0.29, 0.717) is 5.69 Å². The van der Waals surface area contributed by atoms with Crippen LogP contribution in [0.25, 0.3) is 21.8 Å². The molecule has 0 bridgehead atoms. The van der Waals surface area contributed by atoms with E-state index in [1.807, 2.05) is 68.4 Å². The molecule has 6 heteroatoms. The molecule has 3 N–H and O–H groups in total. The predicted octanol–water partition coefficient (Wildman–Crippen LogP) is 3.89. The van der Waals surface area contributed by atoms with Gasteiger partial charge in [0.15, 0.2) is 0 Å². The van der Waals surface area contributed by atoms with Crippen molar-refractivity contribution in [1.29, 1.82) is 0 Å². The number of amides is 2. The largest absolute Gasteiger partial charge is 0.353 e. The average molecular weight is 415 g/mol. The maximum Gasteiger partial charge on any atom is 0.270 e. The number of aryl methyl sites for hydroxylation is 1. The lowest BCUT2D eigenvalue weighted by atomic mass is 10.1. The van der Waals surface area contributed by atoms with E-state index in [1.54, 1.807) is 13.0 Å². The van der Waals surface area contributed by atoms with Gasteiger partial charge in [0.1, 0.15) is 11.7 Å². The van der Waals surface area contributed by atoms with Gasteiger partial charge in [0.2, 0.25) is 5.91 Å². The number of nitrogens with one attached hydrogen (secondary N) is 3.